The van der Waals surface area contributed by atoms with Gasteiger partial charge < -0.3 is 0 Å². The SMILES string of the molecule is [CH2]CSc1ccc(Cl)cc1C. The van der Waals surface area contributed by atoms with E-state index in [9.17, 15) is 0 Å². The minimum atomic E-state index is 0.802. The average Bonchev–Trinajstić information content (AvgIpc) is 1.95. The van der Waals surface area contributed by atoms with Gasteiger partial charge in [-0.05, 0) is 43.4 Å². The maximum atomic E-state index is 5.79. The largest absolute Gasteiger partial charge is 0.126 e. The quantitative estimate of drug-likeness (QED) is 0.635. The Bertz CT molecular complexity index is 245. The Balaban J connectivity index is 2.90. The molecule has 0 bridgehead atoms. The maximum absolute atomic E-state index is 5.79. The first kappa shape index (κ1) is 8.95. The third kappa shape index (κ3) is 2.42. The molecule has 0 spiro atoms. The topological polar surface area (TPSA) is 0 Å². The van der Waals surface area contributed by atoms with E-state index in [0.717, 1.165) is 10.8 Å². The summed E-state index contributed by atoms with van der Waals surface area (Å²) in [6.07, 6.45) is 0. The Morgan fingerprint density at radius 1 is 1.55 bits per heavy atom. The molecule has 0 saturated carbocycles. The van der Waals surface area contributed by atoms with Crippen molar-refractivity contribution in [2.45, 2.75) is 11.8 Å². The van der Waals surface area contributed by atoms with Gasteiger partial charge >= 0.3 is 0 Å². The number of hydrogen-bond acceptors (Lipinski definition) is 1. The molecule has 11 heavy (non-hydrogen) atoms. The van der Waals surface area contributed by atoms with Crippen molar-refractivity contribution in [3.63, 3.8) is 0 Å². The summed E-state index contributed by atoms with van der Waals surface area (Å²) in [7, 11) is 0. The minimum Gasteiger partial charge on any atom is -0.126 e. The predicted molar refractivity (Wildman–Crippen MR) is 52.3 cm³/mol. The van der Waals surface area contributed by atoms with Crippen molar-refractivity contribution >= 4 is 23.4 Å². The summed E-state index contributed by atoms with van der Waals surface area (Å²) >= 11 is 7.53. The molecule has 0 amide bonds. The molecule has 59 valence electrons. The van der Waals surface area contributed by atoms with E-state index in [-0.39, 0.29) is 0 Å². The molecule has 0 aliphatic heterocycles. The summed E-state index contributed by atoms with van der Waals surface area (Å²) in [4.78, 5) is 1.27. The molecule has 0 aliphatic carbocycles. The van der Waals surface area contributed by atoms with E-state index >= 15 is 0 Å². The standard InChI is InChI=1S/C9H10ClS/c1-3-11-9-5-4-8(10)6-7(9)2/h4-6H,1,3H2,2H3. The van der Waals surface area contributed by atoms with Crippen molar-refractivity contribution in [2.24, 2.45) is 0 Å². The third-order valence-corrected chi connectivity index (χ3v) is 2.60. The molecule has 0 aliphatic rings. The lowest BCUT2D eigenvalue weighted by Gasteiger charge is -2.02. The Hall–Kier alpha value is -0.140. The van der Waals surface area contributed by atoms with E-state index in [1.165, 1.54) is 10.5 Å². The van der Waals surface area contributed by atoms with Crippen LogP contribution in [0, 0.1) is 13.8 Å². The molecular weight excluding hydrogens is 176 g/mol. The van der Waals surface area contributed by atoms with E-state index in [2.05, 4.69) is 13.8 Å². The second-order valence-corrected chi connectivity index (χ2v) is 3.83. The summed E-state index contributed by atoms with van der Waals surface area (Å²) in [5.41, 5.74) is 1.23. The highest BCUT2D eigenvalue weighted by Gasteiger charge is 1.97. The van der Waals surface area contributed by atoms with Gasteiger partial charge in [0.1, 0.15) is 0 Å². The van der Waals surface area contributed by atoms with Crippen LogP contribution in [0.4, 0.5) is 0 Å². The third-order valence-electron chi connectivity index (χ3n) is 1.39. The summed E-state index contributed by atoms with van der Waals surface area (Å²) < 4.78 is 0. The Morgan fingerprint density at radius 2 is 2.27 bits per heavy atom. The minimum absolute atomic E-state index is 0.802. The highest BCUT2D eigenvalue weighted by Crippen LogP contribution is 2.24. The van der Waals surface area contributed by atoms with Crippen LogP contribution < -0.4 is 0 Å². The van der Waals surface area contributed by atoms with Gasteiger partial charge in [0.2, 0.25) is 0 Å². The molecular formula is C9H10ClS. The van der Waals surface area contributed by atoms with Crippen LogP contribution in [0.15, 0.2) is 23.1 Å². The van der Waals surface area contributed by atoms with Gasteiger partial charge in [0.15, 0.2) is 0 Å². The van der Waals surface area contributed by atoms with Gasteiger partial charge in [-0.25, -0.2) is 0 Å². The zero-order chi connectivity index (χ0) is 8.27. The van der Waals surface area contributed by atoms with E-state index in [4.69, 9.17) is 11.6 Å². The van der Waals surface area contributed by atoms with Crippen molar-refractivity contribution in [2.75, 3.05) is 5.75 Å². The van der Waals surface area contributed by atoms with E-state index in [1.54, 1.807) is 11.8 Å². The zero-order valence-corrected chi connectivity index (χ0v) is 8.00. The molecule has 1 aromatic carbocycles. The molecule has 0 fully saturated rings. The normalized spacial score (nSPS) is 10.1. The Labute approximate surface area is 77.0 Å². The van der Waals surface area contributed by atoms with E-state index in [1.807, 2.05) is 18.2 Å². The monoisotopic (exact) mass is 185 g/mol. The lowest BCUT2D eigenvalue weighted by atomic mass is 10.2. The van der Waals surface area contributed by atoms with Crippen molar-refractivity contribution in [3.8, 4) is 0 Å². The molecule has 0 atom stereocenters. The lowest BCUT2D eigenvalue weighted by molar-refractivity contribution is 1.30. The van der Waals surface area contributed by atoms with E-state index in [0.29, 0.717) is 0 Å². The first-order chi connectivity index (χ1) is 5.24. The van der Waals surface area contributed by atoms with Gasteiger partial charge in [-0.3, -0.25) is 0 Å². The van der Waals surface area contributed by atoms with Crippen LogP contribution in [0.5, 0.6) is 0 Å². The second kappa shape index (κ2) is 4.03. The Morgan fingerprint density at radius 3 is 2.82 bits per heavy atom. The van der Waals surface area contributed by atoms with Gasteiger partial charge in [-0.2, -0.15) is 0 Å². The maximum Gasteiger partial charge on any atom is 0.0409 e. The van der Waals surface area contributed by atoms with Crippen LogP contribution in [-0.4, -0.2) is 5.75 Å². The van der Waals surface area contributed by atoms with Crippen LogP contribution in [0.2, 0.25) is 5.02 Å². The fourth-order valence-corrected chi connectivity index (χ4v) is 1.78. The number of hydrogen-bond donors (Lipinski definition) is 0. The molecule has 1 rings (SSSR count). The number of rotatable bonds is 2. The highest BCUT2D eigenvalue weighted by molar-refractivity contribution is 7.99. The fraction of sp³-hybridized carbons (Fsp3) is 0.222. The van der Waals surface area contributed by atoms with Crippen LogP contribution >= 0.6 is 23.4 Å². The van der Waals surface area contributed by atoms with Crippen molar-refractivity contribution < 1.29 is 0 Å². The van der Waals surface area contributed by atoms with Gasteiger partial charge in [0.25, 0.3) is 0 Å². The average molecular weight is 186 g/mol. The number of benzene rings is 1. The molecule has 0 saturated heterocycles. The van der Waals surface area contributed by atoms with Crippen LogP contribution in [0.25, 0.3) is 0 Å². The first-order valence-corrected chi connectivity index (χ1v) is 4.78. The van der Waals surface area contributed by atoms with Crippen LogP contribution in [0.1, 0.15) is 5.56 Å². The van der Waals surface area contributed by atoms with Crippen LogP contribution in [0.3, 0.4) is 0 Å². The summed E-state index contributed by atoms with van der Waals surface area (Å²) in [5.74, 6) is 0.864. The lowest BCUT2D eigenvalue weighted by Crippen LogP contribution is -1.79. The fourth-order valence-electron chi connectivity index (χ4n) is 0.885. The molecule has 0 heterocycles. The van der Waals surface area contributed by atoms with Gasteiger partial charge in [-0.15, -0.1) is 11.8 Å². The number of thioether (sulfide) groups is 1. The van der Waals surface area contributed by atoms with Gasteiger partial charge in [0.05, 0.1) is 0 Å². The first-order valence-electron chi connectivity index (χ1n) is 3.42. The molecule has 0 nitrogen and oxygen atoms in total. The van der Waals surface area contributed by atoms with Crippen molar-refractivity contribution in [1.82, 2.24) is 0 Å². The molecule has 0 unspecified atom stereocenters. The summed E-state index contributed by atoms with van der Waals surface area (Å²) in [5, 5.41) is 0.802. The smallest absolute Gasteiger partial charge is 0.0409 e. The summed E-state index contributed by atoms with van der Waals surface area (Å²) in [6, 6.07) is 5.92. The molecule has 2 heteroatoms. The zero-order valence-electron chi connectivity index (χ0n) is 6.43. The van der Waals surface area contributed by atoms with Crippen molar-refractivity contribution in [3.05, 3.63) is 35.7 Å². The molecule has 0 N–H and O–H groups in total. The second-order valence-electron chi connectivity index (χ2n) is 2.26. The highest BCUT2D eigenvalue weighted by atomic mass is 35.5. The van der Waals surface area contributed by atoms with Gasteiger partial charge in [-0.1, -0.05) is 11.6 Å². The summed E-state index contributed by atoms with van der Waals surface area (Å²) in [6.45, 7) is 5.83. The van der Waals surface area contributed by atoms with Crippen LogP contribution in [-0.2, 0) is 0 Å². The number of halogens is 1. The van der Waals surface area contributed by atoms with E-state index < -0.39 is 0 Å². The van der Waals surface area contributed by atoms with Gasteiger partial charge in [0, 0.05) is 9.92 Å². The Kier molecular flexibility index (Phi) is 3.28. The molecule has 0 aromatic heterocycles. The van der Waals surface area contributed by atoms with Crippen molar-refractivity contribution in [1.29, 1.82) is 0 Å². The molecule has 1 aromatic rings. The number of aryl methyl sites for hydroxylation is 1. The molecule has 1 radical (unpaired) electrons. The predicted octanol–water partition coefficient (Wildman–Crippen LogP) is 3.57.